The first-order valence-electron chi connectivity index (χ1n) is 8.36. The van der Waals surface area contributed by atoms with Crippen LogP contribution in [0.4, 0.5) is 0 Å². The van der Waals surface area contributed by atoms with Gasteiger partial charge in [-0.3, -0.25) is 9.59 Å². The van der Waals surface area contributed by atoms with Gasteiger partial charge in [-0.2, -0.15) is 11.3 Å². The van der Waals surface area contributed by atoms with E-state index in [0.29, 0.717) is 38.1 Å². The van der Waals surface area contributed by atoms with Crippen LogP contribution in [0.1, 0.15) is 35.7 Å². The number of nitrogens with one attached hydrogen (secondary N) is 1. The molecule has 5 nitrogen and oxygen atoms in total. The van der Waals surface area contributed by atoms with Gasteiger partial charge in [0.05, 0.1) is 6.61 Å². The summed E-state index contributed by atoms with van der Waals surface area (Å²) in [6.45, 7) is 3.65. The van der Waals surface area contributed by atoms with E-state index in [1.807, 2.05) is 41.9 Å². The Morgan fingerprint density at radius 2 is 1.96 bits per heavy atom. The lowest BCUT2D eigenvalue weighted by Crippen LogP contribution is -2.28. The van der Waals surface area contributed by atoms with Crippen LogP contribution in [-0.4, -0.2) is 36.9 Å². The molecule has 25 heavy (non-hydrogen) atoms. The van der Waals surface area contributed by atoms with Crippen molar-refractivity contribution in [1.29, 1.82) is 0 Å². The highest BCUT2D eigenvalue weighted by Crippen LogP contribution is 2.13. The lowest BCUT2D eigenvalue weighted by Gasteiger charge is -2.17. The van der Waals surface area contributed by atoms with Gasteiger partial charge in [0.2, 0.25) is 5.91 Å². The third-order valence-electron chi connectivity index (χ3n) is 3.72. The van der Waals surface area contributed by atoms with Gasteiger partial charge in [0.15, 0.2) is 0 Å². The average Bonchev–Trinajstić information content (AvgIpc) is 3.15. The second-order valence-electron chi connectivity index (χ2n) is 5.70. The number of amides is 2. The van der Waals surface area contributed by atoms with Crippen LogP contribution in [-0.2, 0) is 11.3 Å². The summed E-state index contributed by atoms with van der Waals surface area (Å²) in [5.74, 6) is 0.816. The molecule has 0 radical (unpaired) electrons. The molecule has 1 heterocycles. The van der Waals surface area contributed by atoms with E-state index in [1.165, 1.54) is 11.3 Å². The predicted octanol–water partition coefficient (Wildman–Crippen LogP) is 3.32. The van der Waals surface area contributed by atoms with Crippen molar-refractivity contribution >= 4 is 23.2 Å². The Morgan fingerprint density at radius 1 is 1.20 bits per heavy atom. The van der Waals surface area contributed by atoms with Crippen LogP contribution >= 0.6 is 11.3 Å². The molecule has 0 unspecified atom stereocenters. The Hall–Kier alpha value is -2.34. The van der Waals surface area contributed by atoms with Crippen molar-refractivity contribution in [3.05, 3.63) is 52.2 Å². The van der Waals surface area contributed by atoms with E-state index >= 15 is 0 Å². The van der Waals surface area contributed by atoms with Gasteiger partial charge in [0.25, 0.3) is 5.91 Å². The highest BCUT2D eigenvalue weighted by atomic mass is 32.1. The van der Waals surface area contributed by atoms with E-state index in [1.54, 1.807) is 18.0 Å². The van der Waals surface area contributed by atoms with Crippen molar-refractivity contribution in [2.24, 2.45) is 0 Å². The fourth-order valence-electron chi connectivity index (χ4n) is 2.35. The molecule has 1 N–H and O–H groups in total. The first-order chi connectivity index (χ1) is 12.1. The summed E-state index contributed by atoms with van der Waals surface area (Å²) in [5.41, 5.74) is 1.73. The van der Waals surface area contributed by atoms with Gasteiger partial charge in [-0.15, -0.1) is 0 Å². The fourth-order valence-corrected chi connectivity index (χ4v) is 2.98. The van der Waals surface area contributed by atoms with Gasteiger partial charge in [-0.25, -0.2) is 0 Å². The third-order valence-corrected chi connectivity index (χ3v) is 4.40. The molecular formula is C19H24N2O3S. The molecular weight excluding hydrogens is 336 g/mol. The first kappa shape index (κ1) is 19.0. The fraction of sp³-hybridized carbons (Fsp3) is 0.368. The second kappa shape index (κ2) is 9.84. The summed E-state index contributed by atoms with van der Waals surface area (Å²) in [4.78, 5) is 25.7. The van der Waals surface area contributed by atoms with Crippen LogP contribution in [0.3, 0.4) is 0 Å². The zero-order valence-corrected chi connectivity index (χ0v) is 15.5. The first-order valence-corrected chi connectivity index (χ1v) is 9.30. The molecule has 0 aliphatic rings. The molecule has 2 rings (SSSR count). The van der Waals surface area contributed by atoms with E-state index in [0.717, 1.165) is 11.3 Å². The van der Waals surface area contributed by atoms with Crippen molar-refractivity contribution < 1.29 is 14.3 Å². The molecule has 1 aromatic carbocycles. The number of hydrogen-bond donors (Lipinski definition) is 1. The number of thiophene rings is 1. The number of carbonyl (C=O) groups is 2. The summed E-state index contributed by atoms with van der Waals surface area (Å²) in [5, 5.41) is 6.51. The van der Waals surface area contributed by atoms with Crippen LogP contribution in [0.15, 0.2) is 41.1 Å². The van der Waals surface area contributed by atoms with Gasteiger partial charge < -0.3 is 15.0 Å². The summed E-state index contributed by atoms with van der Waals surface area (Å²) < 4.78 is 5.41. The minimum absolute atomic E-state index is 0.0682. The number of benzene rings is 1. The smallest absolute Gasteiger partial charge is 0.252 e. The van der Waals surface area contributed by atoms with E-state index in [2.05, 4.69) is 5.32 Å². The lowest BCUT2D eigenvalue weighted by atomic mass is 10.2. The van der Waals surface area contributed by atoms with Crippen LogP contribution in [0.5, 0.6) is 5.75 Å². The van der Waals surface area contributed by atoms with Gasteiger partial charge in [-0.1, -0.05) is 12.1 Å². The lowest BCUT2D eigenvalue weighted by molar-refractivity contribution is -0.130. The minimum atomic E-state index is -0.0866. The summed E-state index contributed by atoms with van der Waals surface area (Å²) in [7, 11) is 1.79. The molecule has 6 heteroatoms. The van der Waals surface area contributed by atoms with E-state index in [-0.39, 0.29) is 11.8 Å². The Labute approximate surface area is 152 Å². The largest absolute Gasteiger partial charge is 0.494 e. The van der Waals surface area contributed by atoms with E-state index in [9.17, 15) is 9.59 Å². The SMILES string of the molecule is CCOc1ccc(CN(C)C(=O)CCCNC(=O)c2ccsc2)cc1. The molecule has 0 atom stereocenters. The average molecular weight is 360 g/mol. The molecule has 0 saturated heterocycles. The highest BCUT2D eigenvalue weighted by molar-refractivity contribution is 7.08. The van der Waals surface area contributed by atoms with Gasteiger partial charge in [-0.05, 0) is 42.5 Å². The molecule has 0 bridgehead atoms. The number of nitrogens with zero attached hydrogens (tertiary/aromatic N) is 1. The highest BCUT2D eigenvalue weighted by Gasteiger charge is 2.10. The van der Waals surface area contributed by atoms with Crippen molar-refractivity contribution in [3.8, 4) is 5.75 Å². The molecule has 2 amide bonds. The Morgan fingerprint density at radius 3 is 2.60 bits per heavy atom. The number of rotatable bonds is 9. The molecule has 0 spiro atoms. The molecule has 0 aliphatic carbocycles. The number of carbonyl (C=O) groups excluding carboxylic acids is 2. The molecule has 0 fully saturated rings. The van der Waals surface area contributed by atoms with Crippen molar-refractivity contribution in [1.82, 2.24) is 10.2 Å². The quantitative estimate of drug-likeness (QED) is 0.698. The molecule has 134 valence electrons. The zero-order valence-electron chi connectivity index (χ0n) is 14.7. The molecule has 0 aliphatic heterocycles. The standard InChI is InChI=1S/C19H24N2O3S/c1-3-24-17-8-6-15(7-9-17)13-21(2)18(22)5-4-11-20-19(23)16-10-12-25-14-16/h6-10,12,14H,3-5,11,13H2,1-2H3,(H,20,23). The Kier molecular flexibility index (Phi) is 7.47. The maximum absolute atomic E-state index is 12.2. The van der Waals surface area contributed by atoms with Gasteiger partial charge >= 0.3 is 0 Å². The Balaban J connectivity index is 1.68. The van der Waals surface area contributed by atoms with Crippen LogP contribution in [0, 0.1) is 0 Å². The predicted molar refractivity (Wildman–Crippen MR) is 100.0 cm³/mol. The normalized spacial score (nSPS) is 10.3. The summed E-state index contributed by atoms with van der Waals surface area (Å²) in [6.07, 6.45) is 1.04. The van der Waals surface area contributed by atoms with Gasteiger partial charge in [0.1, 0.15) is 5.75 Å². The van der Waals surface area contributed by atoms with Crippen LogP contribution in [0.25, 0.3) is 0 Å². The van der Waals surface area contributed by atoms with E-state index in [4.69, 9.17) is 4.74 Å². The third kappa shape index (κ3) is 6.23. The Bertz CT molecular complexity index is 668. The molecule has 1 aromatic heterocycles. The number of ether oxygens (including phenoxy) is 1. The van der Waals surface area contributed by atoms with Crippen molar-refractivity contribution in [2.75, 3.05) is 20.2 Å². The van der Waals surface area contributed by atoms with Crippen molar-refractivity contribution in [3.63, 3.8) is 0 Å². The maximum atomic E-state index is 12.2. The number of hydrogen-bond acceptors (Lipinski definition) is 4. The molecule has 2 aromatic rings. The van der Waals surface area contributed by atoms with Gasteiger partial charge in [0, 0.05) is 37.5 Å². The van der Waals surface area contributed by atoms with E-state index < -0.39 is 0 Å². The van der Waals surface area contributed by atoms with Crippen LogP contribution in [0.2, 0.25) is 0 Å². The second-order valence-corrected chi connectivity index (χ2v) is 6.48. The maximum Gasteiger partial charge on any atom is 0.252 e. The zero-order chi connectivity index (χ0) is 18.1. The van der Waals surface area contributed by atoms with Crippen molar-refractivity contribution in [2.45, 2.75) is 26.3 Å². The van der Waals surface area contributed by atoms with Crippen LogP contribution < -0.4 is 10.1 Å². The summed E-state index contributed by atoms with van der Waals surface area (Å²) >= 11 is 1.49. The molecule has 0 saturated carbocycles. The summed E-state index contributed by atoms with van der Waals surface area (Å²) in [6, 6.07) is 9.55. The topological polar surface area (TPSA) is 58.6 Å². The monoisotopic (exact) mass is 360 g/mol. The minimum Gasteiger partial charge on any atom is -0.494 e.